The summed E-state index contributed by atoms with van der Waals surface area (Å²) in [5.41, 5.74) is 7.89. The Morgan fingerprint density at radius 2 is 1.94 bits per heavy atom. The highest BCUT2D eigenvalue weighted by atomic mass is 32.1. The highest BCUT2D eigenvalue weighted by Gasteiger charge is 1.96. The summed E-state index contributed by atoms with van der Waals surface area (Å²) in [6.07, 6.45) is 0.884. The van der Waals surface area contributed by atoms with Gasteiger partial charge in [-0.05, 0) is 36.0 Å². The maximum atomic E-state index is 5.57. The molecule has 2 aromatic rings. The number of hydrogen-bond donors (Lipinski definition) is 1. The standard InChI is InChI=1S/C14H13NS/c15-10-9-13-5-2-1-4-12(13)7-8-14-6-3-11-16-14/h1-6,11H,9-10,15H2. The molecule has 2 rings (SSSR count). The van der Waals surface area contributed by atoms with Gasteiger partial charge in [0.1, 0.15) is 0 Å². The van der Waals surface area contributed by atoms with Crippen molar-refractivity contribution in [1.82, 2.24) is 0 Å². The first-order valence-corrected chi connectivity index (χ1v) is 6.11. The summed E-state index contributed by atoms with van der Waals surface area (Å²) in [4.78, 5) is 1.10. The van der Waals surface area contributed by atoms with Gasteiger partial charge in [0, 0.05) is 5.56 Å². The third-order valence-corrected chi connectivity index (χ3v) is 3.06. The van der Waals surface area contributed by atoms with E-state index in [0.29, 0.717) is 6.54 Å². The lowest BCUT2D eigenvalue weighted by Gasteiger charge is -2.01. The van der Waals surface area contributed by atoms with Crippen LogP contribution in [0.4, 0.5) is 0 Å². The first kappa shape index (κ1) is 10.9. The first-order valence-electron chi connectivity index (χ1n) is 5.23. The van der Waals surface area contributed by atoms with E-state index in [4.69, 9.17) is 5.73 Å². The number of thiophene rings is 1. The Balaban J connectivity index is 2.27. The van der Waals surface area contributed by atoms with Crippen LogP contribution < -0.4 is 5.73 Å². The fourth-order valence-electron chi connectivity index (χ4n) is 1.49. The lowest BCUT2D eigenvalue weighted by molar-refractivity contribution is 0.965. The van der Waals surface area contributed by atoms with Crippen LogP contribution in [-0.4, -0.2) is 6.54 Å². The monoisotopic (exact) mass is 227 g/mol. The SMILES string of the molecule is NCCc1ccccc1C#Cc1cccs1. The summed E-state index contributed by atoms with van der Waals surface area (Å²) in [5.74, 6) is 6.37. The molecule has 0 bridgehead atoms. The van der Waals surface area contributed by atoms with Crippen molar-refractivity contribution >= 4 is 11.3 Å². The van der Waals surface area contributed by atoms with E-state index < -0.39 is 0 Å². The molecule has 0 fully saturated rings. The third kappa shape index (κ3) is 2.73. The molecule has 0 radical (unpaired) electrons. The molecule has 0 saturated carbocycles. The summed E-state index contributed by atoms with van der Waals surface area (Å²) in [5, 5.41) is 2.04. The van der Waals surface area contributed by atoms with Gasteiger partial charge in [0.05, 0.1) is 4.88 Å². The average molecular weight is 227 g/mol. The molecular weight excluding hydrogens is 214 g/mol. The molecule has 1 nitrogen and oxygen atoms in total. The molecule has 0 aliphatic rings. The van der Waals surface area contributed by atoms with Gasteiger partial charge >= 0.3 is 0 Å². The smallest absolute Gasteiger partial charge is 0.0772 e. The topological polar surface area (TPSA) is 26.0 Å². The van der Waals surface area contributed by atoms with Crippen LogP contribution in [0.5, 0.6) is 0 Å². The Bertz CT molecular complexity index is 503. The maximum absolute atomic E-state index is 5.57. The molecule has 0 amide bonds. The molecule has 0 spiro atoms. The second-order valence-electron chi connectivity index (χ2n) is 3.42. The molecule has 0 atom stereocenters. The summed E-state index contributed by atoms with van der Waals surface area (Å²) < 4.78 is 0. The molecule has 0 unspecified atom stereocenters. The third-order valence-electron chi connectivity index (χ3n) is 2.27. The molecule has 1 heterocycles. The lowest BCUT2D eigenvalue weighted by Crippen LogP contribution is -2.03. The van der Waals surface area contributed by atoms with Gasteiger partial charge in [-0.3, -0.25) is 0 Å². The van der Waals surface area contributed by atoms with E-state index >= 15 is 0 Å². The van der Waals surface area contributed by atoms with Crippen LogP contribution in [0, 0.1) is 11.8 Å². The number of rotatable bonds is 2. The second-order valence-corrected chi connectivity index (χ2v) is 4.37. The zero-order valence-electron chi connectivity index (χ0n) is 8.94. The van der Waals surface area contributed by atoms with Crippen molar-refractivity contribution in [3.8, 4) is 11.8 Å². The van der Waals surface area contributed by atoms with Gasteiger partial charge in [-0.15, -0.1) is 11.3 Å². The Labute approximate surface area is 99.9 Å². The van der Waals surface area contributed by atoms with Crippen molar-refractivity contribution in [1.29, 1.82) is 0 Å². The van der Waals surface area contributed by atoms with Crippen molar-refractivity contribution in [3.63, 3.8) is 0 Å². The minimum atomic E-state index is 0.664. The van der Waals surface area contributed by atoms with Crippen molar-refractivity contribution in [2.45, 2.75) is 6.42 Å². The van der Waals surface area contributed by atoms with E-state index in [9.17, 15) is 0 Å². The zero-order chi connectivity index (χ0) is 11.2. The van der Waals surface area contributed by atoms with Gasteiger partial charge in [-0.25, -0.2) is 0 Å². The zero-order valence-corrected chi connectivity index (χ0v) is 9.76. The van der Waals surface area contributed by atoms with Crippen molar-refractivity contribution in [3.05, 3.63) is 57.8 Å². The molecule has 0 aliphatic carbocycles. The van der Waals surface area contributed by atoms with Crippen LogP contribution in [-0.2, 0) is 6.42 Å². The normalized spacial score (nSPS) is 9.56. The van der Waals surface area contributed by atoms with Crippen LogP contribution in [0.2, 0.25) is 0 Å². The van der Waals surface area contributed by atoms with Gasteiger partial charge in [-0.2, -0.15) is 0 Å². The summed E-state index contributed by atoms with van der Waals surface area (Å²) >= 11 is 1.66. The van der Waals surface area contributed by atoms with E-state index in [1.165, 1.54) is 5.56 Å². The van der Waals surface area contributed by atoms with E-state index in [0.717, 1.165) is 16.9 Å². The van der Waals surface area contributed by atoms with E-state index in [1.54, 1.807) is 11.3 Å². The van der Waals surface area contributed by atoms with E-state index in [2.05, 4.69) is 17.9 Å². The van der Waals surface area contributed by atoms with Crippen molar-refractivity contribution in [2.75, 3.05) is 6.54 Å². The van der Waals surface area contributed by atoms with Gasteiger partial charge in [-0.1, -0.05) is 36.1 Å². The average Bonchev–Trinajstić information content (AvgIpc) is 2.81. The Morgan fingerprint density at radius 3 is 2.69 bits per heavy atom. The molecule has 80 valence electrons. The van der Waals surface area contributed by atoms with Crippen LogP contribution in [0.1, 0.15) is 16.0 Å². The maximum Gasteiger partial charge on any atom is 0.0772 e. The number of nitrogens with two attached hydrogens (primary N) is 1. The quantitative estimate of drug-likeness (QED) is 0.784. The minimum absolute atomic E-state index is 0.664. The Hall–Kier alpha value is -1.56. The van der Waals surface area contributed by atoms with Gasteiger partial charge in [0.2, 0.25) is 0 Å². The van der Waals surface area contributed by atoms with Crippen molar-refractivity contribution < 1.29 is 0 Å². The summed E-state index contributed by atoms with van der Waals surface area (Å²) in [6.45, 7) is 0.664. The van der Waals surface area contributed by atoms with Crippen LogP contribution in [0.25, 0.3) is 0 Å². The number of benzene rings is 1. The molecule has 1 aromatic carbocycles. The number of hydrogen-bond acceptors (Lipinski definition) is 2. The first-order chi connectivity index (χ1) is 7.90. The fourth-order valence-corrected chi connectivity index (χ4v) is 2.07. The molecule has 2 heteroatoms. The van der Waals surface area contributed by atoms with Gasteiger partial charge in [0.25, 0.3) is 0 Å². The van der Waals surface area contributed by atoms with Crippen LogP contribution >= 0.6 is 11.3 Å². The van der Waals surface area contributed by atoms with E-state index in [1.807, 2.05) is 35.7 Å². The molecule has 1 aromatic heterocycles. The largest absolute Gasteiger partial charge is 0.330 e. The summed E-state index contributed by atoms with van der Waals surface area (Å²) in [7, 11) is 0. The molecular formula is C14H13NS. The fraction of sp³-hybridized carbons (Fsp3) is 0.143. The Kier molecular flexibility index (Phi) is 3.76. The van der Waals surface area contributed by atoms with Crippen molar-refractivity contribution in [2.24, 2.45) is 5.73 Å². The predicted molar refractivity (Wildman–Crippen MR) is 69.5 cm³/mol. The second kappa shape index (κ2) is 5.50. The predicted octanol–water partition coefficient (Wildman–Crippen LogP) is 2.65. The van der Waals surface area contributed by atoms with Gasteiger partial charge < -0.3 is 5.73 Å². The van der Waals surface area contributed by atoms with E-state index in [-0.39, 0.29) is 0 Å². The Morgan fingerprint density at radius 1 is 1.06 bits per heavy atom. The lowest BCUT2D eigenvalue weighted by atomic mass is 10.1. The summed E-state index contributed by atoms with van der Waals surface area (Å²) in [6, 6.07) is 12.2. The molecule has 16 heavy (non-hydrogen) atoms. The molecule has 0 saturated heterocycles. The molecule has 2 N–H and O–H groups in total. The van der Waals surface area contributed by atoms with Crippen LogP contribution in [0.15, 0.2) is 41.8 Å². The minimum Gasteiger partial charge on any atom is -0.330 e. The highest BCUT2D eigenvalue weighted by molar-refractivity contribution is 7.10. The highest BCUT2D eigenvalue weighted by Crippen LogP contribution is 2.10. The molecule has 0 aliphatic heterocycles. The van der Waals surface area contributed by atoms with Gasteiger partial charge in [0.15, 0.2) is 0 Å². The van der Waals surface area contributed by atoms with Crippen LogP contribution in [0.3, 0.4) is 0 Å².